The van der Waals surface area contributed by atoms with Gasteiger partial charge in [0.15, 0.2) is 5.11 Å². The Morgan fingerprint density at radius 2 is 1.68 bits per heavy atom. The van der Waals surface area contributed by atoms with Crippen LogP contribution in [0, 0.1) is 0 Å². The van der Waals surface area contributed by atoms with Crippen molar-refractivity contribution in [2.75, 3.05) is 12.4 Å². The molecule has 0 saturated carbocycles. The van der Waals surface area contributed by atoms with Crippen LogP contribution in [0.2, 0.25) is 0 Å². The molecule has 0 radical (unpaired) electrons. The van der Waals surface area contributed by atoms with Gasteiger partial charge in [-0.25, -0.2) is 0 Å². The van der Waals surface area contributed by atoms with Crippen LogP contribution in [0.15, 0.2) is 66.7 Å². The number of anilines is 1. The molecule has 0 spiro atoms. The summed E-state index contributed by atoms with van der Waals surface area (Å²) >= 11 is 23.6. The van der Waals surface area contributed by atoms with Crippen molar-refractivity contribution in [2.24, 2.45) is 0 Å². The lowest BCUT2D eigenvalue weighted by atomic mass is 10.0. The first-order valence-electron chi connectivity index (χ1n) is 9.31. The van der Waals surface area contributed by atoms with Gasteiger partial charge in [0, 0.05) is 0 Å². The Morgan fingerprint density at radius 1 is 1.00 bits per heavy atom. The monoisotopic (exact) mass is 495 g/mol. The maximum absolute atomic E-state index is 12.7. The van der Waals surface area contributed by atoms with E-state index in [1.54, 1.807) is 19.2 Å². The molecule has 31 heavy (non-hydrogen) atoms. The molecule has 0 aliphatic heterocycles. The molecule has 1 amide bonds. The van der Waals surface area contributed by atoms with Crippen LogP contribution < -0.4 is 20.7 Å². The summed E-state index contributed by atoms with van der Waals surface area (Å²) in [7, 11) is 1.55. The van der Waals surface area contributed by atoms with E-state index in [1.807, 2.05) is 54.6 Å². The topological polar surface area (TPSA) is 62.4 Å². The summed E-state index contributed by atoms with van der Waals surface area (Å²) in [5.41, 5.74) is 1.50. The normalized spacial score (nSPS) is 12.1. The number of ether oxygens (including phenoxy) is 1. The van der Waals surface area contributed by atoms with Gasteiger partial charge in [-0.15, -0.1) is 0 Å². The number of hydrogen-bond acceptors (Lipinski definition) is 3. The van der Waals surface area contributed by atoms with Gasteiger partial charge in [-0.05, 0) is 40.7 Å². The van der Waals surface area contributed by atoms with Gasteiger partial charge in [-0.1, -0.05) is 89.4 Å². The van der Waals surface area contributed by atoms with Crippen molar-refractivity contribution in [1.29, 1.82) is 0 Å². The molecule has 0 aliphatic rings. The molecule has 0 aliphatic carbocycles. The fourth-order valence-electron chi connectivity index (χ4n) is 3.07. The molecule has 3 aromatic rings. The molecule has 1 unspecified atom stereocenters. The van der Waals surface area contributed by atoms with E-state index in [-0.39, 0.29) is 17.4 Å². The fraction of sp³-hybridized carbons (Fsp3) is 0.182. The Labute approximate surface area is 201 Å². The smallest absolute Gasteiger partial charge is 0.228 e. The van der Waals surface area contributed by atoms with Crippen LogP contribution >= 0.6 is 47.0 Å². The third-order valence-electron chi connectivity index (χ3n) is 4.49. The molecule has 5 nitrogen and oxygen atoms in total. The molecule has 0 aromatic heterocycles. The highest BCUT2D eigenvalue weighted by molar-refractivity contribution is 7.80. The first-order chi connectivity index (χ1) is 14.8. The molecule has 0 fully saturated rings. The van der Waals surface area contributed by atoms with E-state index in [0.29, 0.717) is 11.4 Å². The number of nitrogens with one attached hydrogen (secondary N) is 3. The summed E-state index contributed by atoms with van der Waals surface area (Å²) in [6.45, 7) is 0. The van der Waals surface area contributed by atoms with Crippen molar-refractivity contribution in [2.45, 2.75) is 16.4 Å². The van der Waals surface area contributed by atoms with Gasteiger partial charge >= 0.3 is 0 Å². The number of benzene rings is 3. The maximum Gasteiger partial charge on any atom is 0.228 e. The largest absolute Gasteiger partial charge is 0.495 e. The average molecular weight is 497 g/mol. The minimum absolute atomic E-state index is 0.118. The van der Waals surface area contributed by atoms with Crippen molar-refractivity contribution < 1.29 is 9.53 Å². The van der Waals surface area contributed by atoms with Gasteiger partial charge < -0.3 is 20.7 Å². The van der Waals surface area contributed by atoms with Gasteiger partial charge in [0.25, 0.3) is 0 Å². The Morgan fingerprint density at radius 3 is 2.42 bits per heavy atom. The highest BCUT2D eigenvalue weighted by atomic mass is 35.6. The highest BCUT2D eigenvalue weighted by Crippen LogP contribution is 2.30. The van der Waals surface area contributed by atoms with E-state index in [2.05, 4.69) is 16.0 Å². The van der Waals surface area contributed by atoms with Crippen LogP contribution in [0.5, 0.6) is 5.75 Å². The van der Waals surface area contributed by atoms with Crippen LogP contribution in [0.1, 0.15) is 5.56 Å². The average Bonchev–Trinajstić information content (AvgIpc) is 2.73. The molecule has 1 atom stereocenters. The van der Waals surface area contributed by atoms with E-state index in [9.17, 15) is 4.79 Å². The Bertz CT molecular complexity index is 1080. The highest BCUT2D eigenvalue weighted by Gasteiger charge is 2.34. The first-order valence-corrected chi connectivity index (χ1v) is 10.9. The molecule has 0 saturated heterocycles. The predicted molar refractivity (Wildman–Crippen MR) is 132 cm³/mol. The first kappa shape index (κ1) is 23.4. The summed E-state index contributed by atoms with van der Waals surface area (Å²) in [5, 5.41) is 10.7. The van der Waals surface area contributed by atoms with Crippen LogP contribution in [0.3, 0.4) is 0 Å². The summed E-state index contributed by atoms with van der Waals surface area (Å²) in [6.07, 6.45) is -0.942. The predicted octanol–water partition coefficient (Wildman–Crippen LogP) is 5.19. The van der Waals surface area contributed by atoms with E-state index >= 15 is 0 Å². The molecule has 0 heterocycles. The fourth-order valence-corrected chi connectivity index (χ4v) is 3.62. The van der Waals surface area contributed by atoms with Gasteiger partial charge in [0.1, 0.15) is 11.9 Å². The lowest BCUT2D eigenvalue weighted by molar-refractivity contribution is -0.121. The summed E-state index contributed by atoms with van der Waals surface area (Å²) in [4.78, 5) is 12.7. The number of alkyl halides is 3. The number of thiocarbonyl (C=S) groups is 1. The molecule has 162 valence electrons. The molecule has 3 N–H and O–H groups in total. The standard InChI is InChI=1S/C22H20Cl3N3O2S/c1-30-18-12-5-4-11-17(18)26-21(31)28-20(22(23,24)25)27-19(29)13-15-9-6-8-14-7-2-3-10-16(14)15/h2-12,20H,13H2,1H3,(H,27,29)(H2,26,28,31). The van der Waals surface area contributed by atoms with Crippen molar-refractivity contribution >= 4 is 74.5 Å². The van der Waals surface area contributed by atoms with E-state index in [4.69, 9.17) is 51.8 Å². The number of hydrogen-bond donors (Lipinski definition) is 3. The summed E-state index contributed by atoms with van der Waals surface area (Å²) in [5.74, 6) is 0.275. The number of carbonyl (C=O) groups is 1. The number of fused-ring (bicyclic) bond motifs is 1. The second kappa shape index (κ2) is 10.4. The Hall–Kier alpha value is -2.25. The Kier molecular flexibility index (Phi) is 7.84. The quantitative estimate of drug-likeness (QED) is 0.249. The van der Waals surface area contributed by atoms with Crippen LogP contribution in [0.25, 0.3) is 10.8 Å². The molecule has 9 heteroatoms. The zero-order valence-corrected chi connectivity index (χ0v) is 19.6. The van der Waals surface area contributed by atoms with Crippen molar-refractivity contribution in [1.82, 2.24) is 10.6 Å². The number of para-hydroxylation sites is 2. The van der Waals surface area contributed by atoms with Crippen molar-refractivity contribution in [3.63, 3.8) is 0 Å². The second-order valence-electron chi connectivity index (χ2n) is 6.66. The van der Waals surface area contributed by atoms with Gasteiger partial charge in [-0.2, -0.15) is 0 Å². The summed E-state index contributed by atoms with van der Waals surface area (Å²) < 4.78 is 3.44. The van der Waals surface area contributed by atoms with Gasteiger partial charge in [0.2, 0.25) is 9.70 Å². The molecular formula is C22H20Cl3N3O2S. The van der Waals surface area contributed by atoms with Crippen LogP contribution in [-0.4, -0.2) is 28.1 Å². The van der Waals surface area contributed by atoms with Crippen molar-refractivity contribution in [3.8, 4) is 5.75 Å². The zero-order valence-electron chi connectivity index (χ0n) is 16.5. The lowest BCUT2D eigenvalue weighted by Crippen LogP contribution is -2.56. The van der Waals surface area contributed by atoms with Gasteiger partial charge in [0.05, 0.1) is 19.2 Å². The minimum atomic E-state index is -1.85. The van der Waals surface area contributed by atoms with E-state index < -0.39 is 9.96 Å². The third-order valence-corrected chi connectivity index (χ3v) is 5.37. The van der Waals surface area contributed by atoms with Crippen molar-refractivity contribution in [3.05, 3.63) is 72.3 Å². The maximum atomic E-state index is 12.7. The second-order valence-corrected chi connectivity index (χ2v) is 9.43. The van der Waals surface area contributed by atoms with Crippen LogP contribution in [0.4, 0.5) is 5.69 Å². The number of carbonyl (C=O) groups excluding carboxylic acids is 1. The zero-order chi connectivity index (χ0) is 22.4. The Balaban J connectivity index is 1.69. The minimum Gasteiger partial charge on any atom is -0.495 e. The SMILES string of the molecule is COc1ccccc1NC(=S)NC(NC(=O)Cc1cccc2ccccc12)C(Cl)(Cl)Cl. The van der Waals surface area contributed by atoms with E-state index in [1.165, 1.54) is 0 Å². The van der Waals surface area contributed by atoms with Gasteiger partial charge in [-0.3, -0.25) is 4.79 Å². The molecular weight excluding hydrogens is 477 g/mol. The lowest BCUT2D eigenvalue weighted by Gasteiger charge is -2.28. The third kappa shape index (κ3) is 6.37. The number of halogens is 3. The van der Waals surface area contributed by atoms with E-state index in [0.717, 1.165) is 16.3 Å². The number of amides is 1. The molecule has 3 rings (SSSR count). The van der Waals surface area contributed by atoms with Crippen LogP contribution in [-0.2, 0) is 11.2 Å². The molecule has 3 aromatic carbocycles. The number of methoxy groups -OCH3 is 1. The molecule has 0 bridgehead atoms. The number of rotatable bonds is 6. The summed E-state index contributed by atoms with van der Waals surface area (Å²) in [6, 6.07) is 20.9.